The Balaban J connectivity index is 2.02. The molecule has 128 valence electrons. The number of anilines is 1. The molecule has 24 heavy (non-hydrogen) atoms. The van der Waals surface area contributed by atoms with Gasteiger partial charge in [-0.2, -0.15) is 0 Å². The lowest BCUT2D eigenvalue weighted by Gasteiger charge is -2.09. The number of carbonyl (C=O) groups is 1. The molecule has 6 nitrogen and oxygen atoms in total. The van der Waals surface area contributed by atoms with Crippen molar-refractivity contribution in [1.29, 1.82) is 0 Å². The molecule has 0 aliphatic rings. The van der Waals surface area contributed by atoms with Gasteiger partial charge in [0.05, 0.1) is 12.0 Å². The van der Waals surface area contributed by atoms with Crippen LogP contribution in [0, 0.1) is 0 Å². The zero-order valence-corrected chi connectivity index (χ0v) is 14.0. The molecular weight excluding hydrogens is 330 g/mol. The van der Waals surface area contributed by atoms with E-state index in [-0.39, 0.29) is 11.3 Å². The number of hydrogen-bond acceptors (Lipinski definition) is 4. The van der Waals surface area contributed by atoms with Crippen molar-refractivity contribution in [3.8, 4) is 5.75 Å². The van der Waals surface area contributed by atoms with Crippen LogP contribution in [0.25, 0.3) is 0 Å². The molecule has 0 radical (unpaired) electrons. The molecule has 0 atom stereocenters. The SMILES string of the molecule is COc1ccc(S(=O)(=O)Nc2ccc(CCCC(=O)O)cc2)cc1. The first-order valence-corrected chi connectivity index (χ1v) is 8.86. The fourth-order valence-corrected chi connectivity index (χ4v) is 3.21. The van der Waals surface area contributed by atoms with E-state index in [4.69, 9.17) is 9.84 Å². The van der Waals surface area contributed by atoms with Crippen LogP contribution in [0.1, 0.15) is 18.4 Å². The van der Waals surface area contributed by atoms with Gasteiger partial charge >= 0.3 is 5.97 Å². The number of methoxy groups -OCH3 is 1. The first-order chi connectivity index (χ1) is 11.4. The van der Waals surface area contributed by atoms with Crippen LogP contribution in [0.15, 0.2) is 53.4 Å². The predicted molar refractivity (Wildman–Crippen MR) is 90.8 cm³/mol. The van der Waals surface area contributed by atoms with Crippen LogP contribution >= 0.6 is 0 Å². The maximum atomic E-state index is 12.3. The van der Waals surface area contributed by atoms with Gasteiger partial charge in [-0.05, 0) is 54.8 Å². The van der Waals surface area contributed by atoms with Crippen LogP contribution < -0.4 is 9.46 Å². The third kappa shape index (κ3) is 4.99. The van der Waals surface area contributed by atoms with Gasteiger partial charge in [-0.15, -0.1) is 0 Å². The highest BCUT2D eigenvalue weighted by atomic mass is 32.2. The fourth-order valence-electron chi connectivity index (χ4n) is 2.15. The molecule has 0 heterocycles. The molecule has 0 aliphatic heterocycles. The van der Waals surface area contributed by atoms with E-state index in [2.05, 4.69) is 4.72 Å². The molecule has 0 aromatic heterocycles. The van der Waals surface area contributed by atoms with Crippen molar-refractivity contribution in [3.63, 3.8) is 0 Å². The maximum absolute atomic E-state index is 12.3. The maximum Gasteiger partial charge on any atom is 0.303 e. The largest absolute Gasteiger partial charge is 0.497 e. The third-order valence-electron chi connectivity index (χ3n) is 3.43. The lowest BCUT2D eigenvalue weighted by atomic mass is 10.1. The molecule has 2 rings (SSSR count). The number of hydrogen-bond donors (Lipinski definition) is 2. The summed E-state index contributed by atoms with van der Waals surface area (Å²) < 4.78 is 32.2. The van der Waals surface area contributed by atoms with Crippen LogP contribution in [0.3, 0.4) is 0 Å². The van der Waals surface area contributed by atoms with E-state index in [0.717, 1.165) is 5.56 Å². The summed E-state index contributed by atoms with van der Waals surface area (Å²) in [5.74, 6) is -0.237. The lowest BCUT2D eigenvalue weighted by Crippen LogP contribution is -2.12. The summed E-state index contributed by atoms with van der Waals surface area (Å²) >= 11 is 0. The van der Waals surface area contributed by atoms with Gasteiger partial charge in [-0.25, -0.2) is 8.42 Å². The molecule has 2 aromatic carbocycles. The molecule has 0 bridgehead atoms. The molecule has 0 amide bonds. The number of aryl methyl sites for hydroxylation is 1. The molecule has 0 saturated heterocycles. The van der Waals surface area contributed by atoms with Crippen LogP contribution in [-0.4, -0.2) is 26.6 Å². The quantitative estimate of drug-likeness (QED) is 0.764. The normalized spacial score (nSPS) is 11.0. The molecule has 0 aliphatic carbocycles. The molecule has 0 spiro atoms. The van der Waals surface area contributed by atoms with Gasteiger partial charge in [0.15, 0.2) is 0 Å². The Labute approximate surface area is 141 Å². The van der Waals surface area contributed by atoms with E-state index < -0.39 is 16.0 Å². The molecule has 0 unspecified atom stereocenters. The Bertz CT molecular complexity index is 783. The van der Waals surface area contributed by atoms with Crippen LogP contribution in [0.4, 0.5) is 5.69 Å². The van der Waals surface area contributed by atoms with Crippen LogP contribution in [0.5, 0.6) is 5.75 Å². The van der Waals surface area contributed by atoms with Gasteiger partial charge in [0.1, 0.15) is 5.75 Å². The van der Waals surface area contributed by atoms with Crippen molar-refractivity contribution in [1.82, 2.24) is 0 Å². The van der Waals surface area contributed by atoms with Crippen molar-refractivity contribution in [2.45, 2.75) is 24.2 Å². The van der Waals surface area contributed by atoms with Crippen LogP contribution in [-0.2, 0) is 21.2 Å². The number of rotatable bonds is 8. The van der Waals surface area contributed by atoms with Gasteiger partial charge in [-0.3, -0.25) is 9.52 Å². The van der Waals surface area contributed by atoms with Crippen molar-refractivity contribution in [2.24, 2.45) is 0 Å². The van der Waals surface area contributed by atoms with Crippen LogP contribution in [0.2, 0.25) is 0 Å². The van der Waals surface area contributed by atoms with E-state index in [1.165, 1.54) is 19.2 Å². The second-order valence-corrected chi connectivity index (χ2v) is 6.91. The van der Waals surface area contributed by atoms with Gasteiger partial charge < -0.3 is 9.84 Å². The number of ether oxygens (including phenoxy) is 1. The fraction of sp³-hybridized carbons (Fsp3) is 0.235. The van der Waals surface area contributed by atoms with E-state index >= 15 is 0 Å². The van der Waals surface area contributed by atoms with E-state index in [1.807, 2.05) is 0 Å². The highest BCUT2D eigenvalue weighted by molar-refractivity contribution is 7.92. The number of carboxylic acid groups (broad SMARTS) is 1. The molecule has 0 saturated carbocycles. The summed E-state index contributed by atoms with van der Waals surface area (Å²) in [6.07, 6.45) is 1.30. The van der Waals surface area contributed by atoms with Gasteiger partial charge in [0.25, 0.3) is 10.0 Å². The zero-order chi connectivity index (χ0) is 17.6. The number of benzene rings is 2. The molecule has 0 fully saturated rings. The van der Waals surface area contributed by atoms with Crippen molar-refractivity contribution < 1.29 is 23.1 Å². The summed E-state index contributed by atoms with van der Waals surface area (Å²) in [6.45, 7) is 0. The van der Waals surface area contributed by atoms with E-state index in [9.17, 15) is 13.2 Å². The number of aliphatic carboxylic acids is 1. The standard InChI is InChI=1S/C17H19NO5S/c1-23-15-9-11-16(12-10-15)24(21,22)18-14-7-5-13(6-8-14)3-2-4-17(19)20/h5-12,18H,2-4H2,1H3,(H,19,20). The van der Waals surface area contributed by atoms with E-state index in [0.29, 0.717) is 24.3 Å². The molecule has 2 aromatic rings. The topological polar surface area (TPSA) is 92.7 Å². The van der Waals surface area contributed by atoms with Crippen molar-refractivity contribution >= 4 is 21.7 Å². The monoisotopic (exact) mass is 349 g/mol. The molecular formula is C17H19NO5S. The first kappa shape index (κ1) is 17.8. The van der Waals surface area contributed by atoms with Gasteiger partial charge in [-0.1, -0.05) is 12.1 Å². The Morgan fingerprint density at radius 1 is 1.08 bits per heavy atom. The number of carboxylic acids is 1. The summed E-state index contributed by atoms with van der Waals surface area (Å²) in [7, 11) is -2.15. The van der Waals surface area contributed by atoms with Crippen molar-refractivity contribution in [2.75, 3.05) is 11.8 Å². The Morgan fingerprint density at radius 2 is 1.71 bits per heavy atom. The minimum atomic E-state index is -3.66. The summed E-state index contributed by atoms with van der Waals surface area (Å²) in [5.41, 5.74) is 1.41. The minimum absolute atomic E-state index is 0.117. The third-order valence-corrected chi connectivity index (χ3v) is 4.83. The van der Waals surface area contributed by atoms with Gasteiger partial charge in [0, 0.05) is 12.1 Å². The Hall–Kier alpha value is -2.54. The number of sulfonamides is 1. The molecule has 2 N–H and O–H groups in total. The highest BCUT2D eigenvalue weighted by Crippen LogP contribution is 2.19. The first-order valence-electron chi connectivity index (χ1n) is 7.38. The smallest absolute Gasteiger partial charge is 0.303 e. The van der Waals surface area contributed by atoms with Gasteiger partial charge in [0.2, 0.25) is 0 Å². The van der Waals surface area contributed by atoms with Crippen molar-refractivity contribution in [3.05, 3.63) is 54.1 Å². The number of nitrogens with one attached hydrogen (secondary N) is 1. The average Bonchev–Trinajstić information content (AvgIpc) is 2.56. The molecule has 7 heteroatoms. The second-order valence-electron chi connectivity index (χ2n) is 5.23. The Morgan fingerprint density at radius 3 is 2.25 bits per heavy atom. The summed E-state index contributed by atoms with van der Waals surface area (Å²) in [4.78, 5) is 10.6. The predicted octanol–water partition coefficient (Wildman–Crippen LogP) is 2.90. The minimum Gasteiger partial charge on any atom is -0.497 e. The Kier molecular flexibility index (Phi) is 5.81. The second kappa shape index (κ2) is 7.83. The summed E-state index contributed by atoms with van der Waals surface area (Å²) in [6, 6.07) is 13.0. The summed E-state index contributed by atoms with van der Waals surface area (Å²) in [5, 5.41) is 8.62. The zero-order valence-electron chi connectivity index (χ0n) is 13.2. The average molecular weight is 349 g/mol. The highest BCUT2D eigenvalue weighted by Gasteiger charge is 2.14. The lowest BCUT2D eigenvalue weighted by molar-refractivity contribution is -0.137. The van der Waals surface area contributed by atoms with E-state index in [1.54, 1.807) is 36.4 Å².